The van der Waals surface area contributed by atoms with Crippen LogP contribution in [-0.2, 0) is 4.79 Å². The van der Waals surface area contributed by atoms with E-state index in [4.69, 9.17) is 0 Å². The van der Waals surface area contributed by atoms with Crippen molar-refractivity contribution in [2.24, 2.45) is 17.3 Å². The number of fused-ring (bicyclic) bond motifs is 4. The van der Waals surface area contributed by atoms with Crippen molar-refractivity contribution in [3.8, 4) is 0 Å². The number of anilines is 1. The highest BCUT2D eigenvalue weighted by Gasteiger charge is 2.79. The Hall–Kier alpha value is -3.67. The highest BCUT2D eigenvalue weighted by atomic mass is 19.4. The van der Waals surface area contributed by atoms with Crippen molar-refractivity contribution in [2.75, 3.05) is 31.1 Å². The molecular formula is C35H37F5N4O3. The number of hydrogen-bond donors (Lipinski definition) is 1. The van der Waals surface area contributed by atoms with E-state index < -0.39 is 41.4 Å². The van der Waals surface area contributed by atoms with E-state index in [2.05, 4.69) is 14.9 Å². The number of carbonyl (C=O) groups excluding carboxylic acids is 2. The SMILES string of the molecule is C[C@]12C[C@H](c3ccc(C(=O)N4CCN(c5cnccn5)CC4)cc3)C3=C4CCC(=O)C=C4CC[C@H]3[C@@H]1CC[C@]2(O)C(F)(F)C(F)(F)F. The molecule has 7 nitrogen and oxygen atoms in total. The predicted molar refractivity (Wildman–Crippen MR) is 163 cm³/mol. The fourth-order valence-electron chi connectivity index (χ4n) is 9.35. The lowest BCUT2D eigenvalue weighted by atomic mass is 9.50. The number of alkyl halides is 5. The summed E-state index contributed by atoms with van der Waals surface area (Å²) >= 11 is 0. The summed E-state index contributed by atoms with van der Waals surface area (Å²) in [5.74, 6) is -6.10. The third kappa shape index (κ3) is 4.92. The van der Waals surface area contributed by atoms with Gasteiger partial charge in [0.15, 0.2) is 5.78 Å². The number of ketones is 1. The van der Waals surface area contributed by atoms with Crippen molar-refractivity contribution in [3.63, 3.8) is 0 Å². The Bertz CT molecular complexity index is 1630. The van der Waals surface area contributed by atoms with Gasteiger partial charge < -0.3 is 14.9 Å². The Morgan fingerprint density at radius 2 is 1.70 bits per heavy atom. The van der Waals surface area contributed by atoms with Crippen LogP contribution >= 0.6 is 0 Å². The number of aromatic nitrogens is 2. The minimum Gasteiger partial charge on any atom is -0.383 e. The quantitative estimate of drug-likeness (QED) is 0.391. The second-order valence-corrected chi connectivity index (χ2v) is 13.9. The molecule has 1 aliphatic heterocycles. The Labute approximate surface area is 269 Å². The molecule has 5 atom stereocenters. The van der Waals surface area contributed by atoms with Crippen molar-refractivity contribution in [1.29, 1.82) is 0 Å². The molecule has 0 radical (unpaired) electrons. The smallest absolute Gasteiger partial charge is 0.383 e. The maximum absolute atomic E-state index is 15.3. The summed E-state index contributed by atoms with van der Waals surface area (Å²) < 4.78 is 72.1. The van der Waals surface area contributed by atoms with E-state index in [1.165, 1.54) is 6.92 Å². The molecule has 0 unspecified atom stereocenters. The first kappa shape index (κ1) is 31.9. The zero-order valence-corrected chi connectivity index (χ0v) is 26.1. The molecule has 2 saturated carbocycles. The molecular weight excluding hydrogens is 619 g/mol. The minimum absolute atomic E-state index is 0.0282. The van der Waals surface area contributed by atoms with Crippen molar-refractivity contribution in [1.82, 2.24) is 14.9 Å². The Kier molecular flexibility index (Phi) is 7.61. The fraction of sp³-hybridized carbons (Fsp3) is 0.543. The molecule has 3 fully saturated rings. The molecule has 250 valence electrons. The maximum Gasteiger partial charge on any atom is 0.456 e. The van der Waals surface area contributed by atoms with Crippen LogP contribution in [0.2, 0.25) is 0 Å². The molecule has 47 heavy (non-hydrogen) atoms. The van der Waals surface area contributed by atoms with E-state index in [9.17, 15) is 27.9 Å². The number of rotatable bonds is 4. The average Bonchev–Trinajstić information content (AvgIpc) is 3.35. The first-order valence-corrected chi connectivity index (χ1v) is 16.3. The van der Waals surface area contributed by atoms with Gasteiger partial charge in [-0.2, -0.15) is 22.0 Å². The third-order valence-electron chi connectivity index (χ3n) is 11.8. The Morgan fingerprint density at radius 1 is 0.979 bits per heavy atom. The van der Waals surface area contributed by atoms with E-state index in [0.29, 0.717) is 63.0 Å². The lowest BCUT2D eigenvalue weighted by molar-refractivity contribution is -0.362. The van der Waals surface area contributed by atoms with Crippen LogP contribution in [0.15, 0.2) is 65.7 Å². The van der Waals surface area contributed by atoms with Gasteiger partial charge in [-0.3, -0.25) is 14.6 Å². The fourth-order valence-corrected chi connectivity index (χ4v) is 9.35. The highest BCUT2D eigenvalue weighted by molar-refractivity contribution is 5.94. The van der Waals surface area contributed by atoms with Crippen LogP contribution in [0.25, 0.3) is 0 Å². The topological polar surface area (TPSA) is 86.6 Å². The summed E-state index contributed by atoms with van der Waals surface area (Å²) in [5, 5.41) is 11.5. The normalized spacial score (nSPS) is 31.3. The van der Waals surface area contributed by atoms with Gasteiger partial charge in [-0.1, -0.05) is 24.6 Å². The lowest BCUT2D eigenvalue weighted by Crippen LogP contribution is -2.65. The molecule has 12 heteroatoms. The number of benzene rings is 1. The number of halogens is 5. The summed E-state index contributed by atoms with van der Waals surface area (Å²) in [6, 6.07) is 6.92. The van der Waals surface area contributed by atoms with Gasteiger partial charge in [0.05, 0.1) is 6.20 Å². The number of aliphatic hydroxyl groups is 1. The zero-order chi connectivity index (χ0) is 33.4. The van der Waals surface area contributed by atoms with E-state index in [1.54, 1.807) is 53.8 Å². The predicted octanol–water partition coefficient (Wildman–Crippen LogP) is 6.27. The van der Waals surface area contributed by atoms with Crippen LogP contribution in [0.4, 0.5) is 27.8 Å². The van der Waals surface area contributed by atoms with Crippen molar-refractivity contribution < 1.29 is 36.6 Å². The van der Waals surface area contributed by atoms with Crippen LogP contribution in [0, 0.1) is 17.3 Å². The van der Waals surface area contributed by atoms with Crippen LogP contribution < -0.4 is 4.90 Å². The molecule has 0 bridgehead atoms. The third-order valence-corrected chi connectivity index (χ3v) is 11.8. The van der Waals surface area contributed by atoms with E-state index in [0.717, 1.165) is 22.5 Å². The lowest BCUT2D eigenvalue weighted by Gasteiger charge is -2.56. The van der Waals surface area contributed by atoms with Gasteiger partial charge in [-0.25, -0.2) is 4.98 Å². The monoisotopic (exact) mass is 656 g/mol. The molecule has 1 aromatic heterocycles. The molecule has 1 amide bonds. The van der Waals surface area contributed by atoms with Gasteiger partial charge in [0.25, 0.3) is 5.91 Å². The molecule has 2 aromatic rings. The van der Waals surface area contributed by atoms with Crippen LogP contribution in [-0.4, -0.2) is 75.5 Å². The summed E-state index contributed by atoms with van der Waals surface area (Å²) in [5.41, 5.74) is -0.924. The summed E-state index contributed by atoms with van der Waals surface area (Å²) in [7, 11) is 0. The average molecular weight is 657 g/mol. The Balaban J connectivity index is 1.21. The summed E-state index contributed by atoms with van der Waals surface area (Å²) in [6.45, 7) is 3.56. The number of nitrogens with zero attached hydrogens (tertiary/aromatic N) is 4. The molecule has 1 aromatic carbocycles. The highest BCUT2D eigenvalue weighted by Crippen LogP contribution is 2.70. The number of allylic oxidation sites excluding steroid dienone is 4. The second kappa shape index (κ2) is 11.2. The molecule has 1 saturated heterocycles. The first-order chi connectivity index (χ1) is 22.2. The number of piperazine rings is 1. The van der Waals surface area contributed by atoms with Gasteiger partial charge in [0, 0.05) is 61.9 Å². The molecule has 0 spiro atoms. The number of amides is 1. The van der Waals surface area contributed by atoms with Gasteiger partial charge >= 0.3 is 12.1 Å². The first-order valence-electron chi connectivity index (χ1n) is 16.3. The van der Waals surface area contributed by atoms with Crippen molar-refractivity contribution in [2.45, 2.75) is 75.5 Å². The summed E-state index contributed by atoms with van der Waals surface area (Å²) in [4.78, 5) is 38.0. The Morgan fingerprint density at radius 3 is 2.36 bits per heavy atom. The maximum atomic E-state index is 15.3. The van der Waals surface area contributed by atoms with E-state index in [1.807, 2.05) is 0 Å². The molecule has 5 aliphatic rings. The molecule has 7 rings (SSSR count). The molecule has 2 heterocycles. The van der Waals surface area contributed by atoms with Crippen LogP contribution in [0.1, 0.15) is 73.7 Å². The van der Waals surface area contributed by atoms with E-state index >= 15 is 8.78 Å². The zero-order valence-electron chi connectivity index (χ0n) is 26.1. The largest absolute Gasteiger partial charge is 0.456 e. The minimum atomic E-state index is -5.90. The number of carbonyl (C=O) groups is 2. The van der Waals surface area contributed by atoms with E-state index in [-0.39, 0.29) is 30.4 Å². The van der Waals surface area contributed by atoms with Gasteiger partial charge in [0.1, 0.15) is 11.4 Å². The number of hydrogen-bond acceptors (Lipinski definition) is 6. The van der Waals surface area contributed by atoms with Gasteiger partial charge in [-0.05, 0) is 85.3 Å². The van der Waals surface area contributed by atoms with Gasteiger partial charge in [-0.15, -0.1) is 0 Å². The standard InChI is InChI=1S/C35H37F5N4O3/c1-32-19-27(21-2-4-22(5-3-21)31(46)44-16-14-43(15-17-44)29-20-41-12-13-42-29)30-25-9-7-24(45)18-23(25)6-8-26(30)28(32)10-11-33(32,47)34(36,37)35(38,39)40/h2-5,12-13,18,20,26-28,47H,6-11,14-17,19H2,1H3/t26-,27+,28-,32-,33+/m0/s1. The van der Waals surface area contributed by atoms with Crippen LogP contribution in [0.5, 0.6) is 0 Å². The van der Waals surface area contributed by atoms with Crippen molar-refractivity contribution in [3.05, 3.63) is 76.8 Å². The second-order valence-electron chi connectivity index (χ2n) is 13.9. The molecule has 1 N–H and O–H groups in total. The van der Waals surface area contributed by atoms with Crippen LogP contribution in [0.3, 0.4) is 0 Å². The van der Waals surface area contributed by atoms with Crippen molar-refractivity contribution >= 4 is 17.5 Å². The molecule has 4 aliphatic carbocycles. The van der Waals surface area contributed by atoms with Gasteiger partial charge in [0.2, 0.25) is 0 Å². The summed E-state index contributed by atoms with van der Waals surface area (Å²) in [6.07, 6.45) is 1.83.